The first kappa shape index (κ1) is 13.0. The first-order valence-electron chi connectivity index (χ1n) is 5.21. The molecule has 0 aliphatic heterocycles. The fourth-order valence-corrected chi connectivity index (χ4v) is 1.98. The minimum atomic E-state index is -0.529. The highest BCUT2D eigenvalue weighted by Gasteiger charge is 2.10. The summed E-state index contributed by atoms with van der Waals surface area (Å²) in [6.45, 7) is 0.142. The smallest absolute Gasteiger partial charge is 0.167 e. The van der Waals surface area contributed by atoms with E-state index in [0.717, 1.165) is 0 Å². The molecule has 2 nitrogen and oxygen atoms in total. The van der Waals surface area contributed by atoms with Crippen LogP contribution in [-0.4, -0.2) is 0 Å². The Hall–Kier alpha value is -1.46. The van der Waals surface area contributed by atoms with E-state index in [1.807, 2.05) is 0 Å². The Labute approximate surface area is 112 Å². The molecule has 0 bridgehead atoms. The summed E-state index contributed by atoms with van der Waals surface area (Å²) in [6.07, 6.45) is 0. The molecule has 0 aliphatic rings. The van der Waals surface area contributed by atoms with Crippen LogP contribution in [0.3, 0.4) is 0 Å². The predicted octanol–water partition coefficient (Wildman–Crippen LogP) is 3.98. The van der Waals surface area contributed by atoms with Crippen molar-refractivity contribution in [1.29, 1.82) is 0 Å². The van der Waals surface area contributed by atoms with Crippen LogP contribution < -0.4 is 10.5 Å². The largest absolute Gasteiger partial charge is 0.454 e. The number of ether oxygens (including phenoxy) is 1. The molecule has 0 heterocycles. The van der Waals surface area contributed by atoms with Crippen LogP contribution in [0.4, 0.5) is 8.78 Å². The van der Waals surface area contributed by atoms with Gasteiger partial charge in [-0.1, -0.05) is 28.1 Å². The molecular weight excluding hydrogens is 304 g/mol. The van der Waals surface area contributed by atoms with Crippen molar-refractivity contribution in [3.63, 3.8) is 0 Å². The molecule has 0 spiro atoms. The minimum absolute atomic E-state index is 0.0255. The number of hydrogen-bond acceptors (Lipinski definition) is 2. The van der Waals surface area contributed by atoms with Gasteiger partial charge in [0.15, 0.2) is 11.6 Å². The van der Waals surface area contributed by atoms with Gasteiger partial charge < -0.3 is 10.5 Å². The van der Waals surface area contributed by atoms with Crippen molar-refractivity contribution in [2.45, 2.75) is 6.54 Å². The van der Waals surface area contributed by atoms with E-state index in [4.69, 9.17) is 10.5 Å². The summed E-state index contributed by atoms with van der Waals surface area (Å²) >= 11 is 3.14. The number of halogens is 3. The third kappa shape index (κ3) is 2.86. The van der Waals surface area contributed by atoms with Gasteiger partial charge in [0.05, 0.1) is 0 Å². The maximum Gasteiger partial charge on any atom is 0.167 e. The van der Waals surface area contributed by atoms with E-state index in [-0.39, 0.29) is 18.0 Å². The van der Waals surface area contributed by atoms with Gasteiger partial charge in [-0.2, -0.15) is 0 Å². The minimum Gasteiger partial charge on any atom is -0.454 e. The van der Waals surface area contributed by atoms with E-state index in [2.05, 4.69) is 15.9 Å². The lowest BCUT2D eigenvalue weighted by Crippen LogP contribution is -2.01. The van der Waals surface area contributed by atoms with Gasteiger partial charge in [-0.3, -0.25) is 0 Å². The maximum absolute atomic E-state index is 13.6. The molecule has 0 amide bonds. The lowest BCUT2D eigenvalue weighted by atomic mass is 10.2. The highest BCUT2D eigenvalue weighted by atomic mass is 79.9. The number of benzene rings is 2. The Morgan fingerprint density at radius 3 is 2.61 bits per heavy atom. The lowest BCUT2D eigenvalue weighted by Gasteiger charge is -2.11. The van der Waals surface area contributed by atoms with Crippen molar-refractivity contribution in [1.82, 2.24) is 0 Å². The molecule has 2 N–H and O–H groups in total. The molecule has 0 saturated carbocycles. The molecule has 2 aromatic carbocycles. The average molecular weight is 314 g/mol. The third-order valence-corrected chi connectivity index (χ3v) is 2.78. The zero-order valence-electron chi connectivity index (χ0n) is 9.29. The summed E-state index contributed by atoms with van der Waals surface area (Å²) < 4.78 is 32.7. The molecule has 0 saturated heterocycles. The van der Waals surface area contributed by atoms with Gasteiger partial charge in [-0.15, -0.1) is 0 Å². The van der Waals surface area contributed by atoms with Crippen molar-refractivity contribution >= 4 is 15.9 Å². The highest BCUT2D eigenvalue weighted by molar-refractivity contribution is 9.10. The van der Waals surface area contributed by atoms with Crippen LogP contribution in [0.2, 0.25) is 0 Å². The second-order valence-corrected chi connectivity index (χ2v) is 4.56. The Morgan fingerprint density at radius 1 is 1.17 bits per heavy atom. The zero-order valence-corrected chi connectivity index (χ0v) is 10.9. The zero-order chi connectivity index (χ0) is 13.1. The van der Waals surface area contributed by atoms with E-state index in [0.29, 0.717) is 10.0 Å². The van der Waals surface area contributed by atoms with Crippen LogP contribution >= 0.6 is 15.9 Å². The van der Waals surface area contributed by atoms with Gasteiger partial charge in [0.1, 0.15) is 11.6 Å². The fourth-order valence-electron chi connectivity index (χ4n) is 1.53. The quantitative estimate of drug-likeness (QED) is 0.930. The number of rotatable bonds is 3. The third-order valence-electron chi connectivity index (χ3n) is 2.32. The first-order chi connectivity index (χ1) is 8.60. The molecule has 5 heteroatoms. The van der Waals surface area contributed by atoms with Crippen LogP contribution in [0.1, 0.15) is 5.56 Å². The maximum atomic E-state index is 13.6. The monoisotopic (exact) mass is 313 g/mol. The molecule has 18 heavy (non-hydrogen) atoms. The first-order valence-corrected chi connectivity index (χ1v) is 6.01. The van der Waals surface area contributed by atoms with Gasteiger partial charge in [0.25, 0.3) is 0 Å². The van der Waals surface area contributed by atoms with Crippen molar-refractivity contribution in [3.8, 4) is 11.5 Å². The van der Waals surface area contributed by atoms with Crippen LogP contribution in [0.25, 0.3) is 0 Å². The lowest BCUT2D eigenvalue weighted by molar-refractivity contribution is 0.433. The number of para-hydroxylation sites is 1. The normalized spacial score (nSPS) is 10.4. The topological polar surface area (TPSA) is 35.2 Å². The highest BCUT2D eigenvalue weighted by Crippen LogP contribution is 2.30. The van der Waals surface area contributed by atoms with Gasteiger partial charge in [0, 0.05) is 22.6 Å². The van der Waals surface area contributed by atoms with E-state index in [1.54, 1.807) is 18.2 Å². The Kier molecular flexibility index (Phi) is 3.93. The molecular formula is C13H10BrF2NO. The molecule has 2 rings (SSSR count). The molecule has 0 fully saturated rings. The van der Waals surface area contributed by atoms with Gasteiger partial charge in [0.2, 0.25) is 0 Å². The standard InChI is InChI=1S/C13H10BrF2NO/c14-9-4-10(15)6-11(5-9)18-13-8(7-17)2-1-3-12(13)16/h1-6H,7,17H2. The van der Waals surface area contributed by atoms with Gasteiger partial charge in [-0.25, -0.2) is 8.78 Å². The molecule has 94 valence electrons. The van der Waals surface area contributed by atoms with E-state index in [1.165, 1.54) is 18.2 Å². The summed E-state index contributed by atoms with van der Waals surface area (Å²) in [4.78, 5) is 0. The van der Waals surface area contributed by atoms with Crippen molar-refractivity contribution < 1.29 is 13.5 Å². The fraction of sp³-hybridized carbons (Fsp3) is 0.0769. The molecule has 0 aliphatic carbocycles. The Morgan fingerprint density at radius 2 is 1.94 bits per heavy atom. The average Bonchev–Trinajstić information content (AvgIpc) is 2.30. The molecule has 0 atom stereocenters. The van der Waals surface area contributed by atoms with E-state index < -0.39 is 11.6 Å². The molecule has 0 radical (unpaired) electrons. The van der Waals surface area contributed by atoms with Crippen LogP contribution in [0, 0.1) is 11.6 Å². The summed E-state index contributed by atoms with van der Waals surface area (Å²) in [6, 6.07) is 8.49. The predicted molar refractivity (Wildman–Crippen MR) is 68.5 cm³/mol. The summed E-state index contributed by atoms with van der Waals surface area (Å²) in [7, 11) is 0. The van der Waals surface area contributed by atoms with Gasteiger partial charge in [-0.05, 0) is 18.2 Å². The van der Waals surface area contributed by atoms with E-state index >= 15 is 0 Å². The van der Waals surface area contributed by atoms with Gasteiger partial charge >= 0.3 is 0 Å². The number of nitrogens with two attached hydrogens (primary N) is 1. The summed E-state index contributed by atoms with van der Waals surface area (Å²) in [5.74, 6) is -0.762. The van der Waals surface area contributed by atoms with Crippen molar-refractivity contribution in [3.05, 3.63) is 58.1 Å². The van der Waals surface area contributed by atoms with Crippen molar-refractivity contribution in [2.24, 2.45) is 5.73 Å². The summed E-state index contributed by atoms with van der Waals surface area (Å²) in [5.41, 5.74) is 6.03. The van der Waals surface area contributed by atoms with E-state index in [9.17, 15) is 8.78 Å². The van der Waals surface area contributed by atoms with Crippen LogP contribution in [0.5, 0.6) is 11.5 Å². The SMILES string of the molecule is NCc1cccc(F)c1Oc1cc(F)cc(Br)c1. The second-order valence-electron chi connectivity index (χ2n) is 3.64. The van der Waals surface area contributed by atoms with Crippen molar-refractivity contribution in [2.75, 3.05) is 0 Å². The number of hydrogen-bond donors (Lipinski definition) is 1. The molecule has 0 aromatic heterocycles. The second kappa shape index (κ2) is 5.46. The summed E-state index contributed by atoms with van der Waals surface area (Å²) in [5, 5.41) is 0. The Bertz CT molecular complexity index is 555. The Balaban J connectivity index is 2.39. The molecule has 2 aromatic rings. The van der Waals surface area contributed by atoms with Crippen LogP contribution in [0.15, 0.2) is 40.9 Å². The van der Waals surface area contributed by atoms with Crippen LogP contribution in [-0.2, 0) is 6.54 Å². The molecule has 0 unspecified atom stereocenters.